The molecule has 0 N–H and O–H groups in total. The average molecular weight is 436 g/mol. The number of carbonyl (C=O) groups excluding carboxylic acids is 2. The minimum atomic E-state index is -0.815. The van der Waals surface area contributed by atoms with E-state index < -0.39 is 22.9 Å². The first-order valence-corrected chi connectivity index (χ1v) is 9.97. The van der Waals surface area contributed by atoms with E-state index in [1.807, 2.05) is 31.2 Å². The van der Waals surface area contributed by atoms with E-state index in [0.29, 0.717) is 5.56 Å². The molecule has 2 aromatic carbocycles. The van der Waals surface area contributed by atoms with Gasteiger partial charge in [0.25, 0.3) is 11.6 Å². The van der Waals surface area contributed by atoms with Crippen LogP contribution in [-0.2, 0) is 14.3 Å². The van der Waals surface area contributed by atoms with Crippen LogP contribution in [0.1, 0.15) is 30.9 Å². The van der Waals surface area contributed by atoms with Crippen molar-refractivity contribution in [3.05, 3.63) is 70.1 Å². The molecule has 10 nitrogen and oxygen atoms in total. The van der Waals surface area contributed by atoms with Crippen molar-refractivity contribution >= 4 is 23.3 Å². The van der Waals surface area contributed by atoms with Crippen molar-refractivity contribution in [2.45, 2.75) is 26.4 Å². The van der Waals surface area contributed by atoms with Gasteiger partial charge in [0.1, 0.15) is 0 Å². The third-order valence-electron chi connectivity index (χ3n) is 5.21. The standard InChI is InChI=1S/C22H20N4O6/c1-13-3-7-17(8-4-13)25-12-16(11-19(25)27)22(28)31-14(2)20-23-24-21(32-20)15-5-9-18(10-6-15)26(29)30/h3-10,14,16H,11-12H2,1-2H3/t14-,16-/m1/s1. The molecule has 1 saturated heterocycles. The van der Waals surface area contributed by atoms with Gasteiger partial charge in [-0.05, 0) is 38.1 Å². The number of esters is 1. The molecule has 2 atom stereocenters. The number of nitro benzene ring substituents is 1. The molecule has 1 amide bonds. The Morgan fingerprint density at radius 2 is 1.88 bits per heavy atom. The summed E-state index contributed by atoms with van der Waals surface area (Å²) >= 11 is 0. The zero-order chi connectivity index (χ0) is 22.8. The van der Waals surface area contributed by atoms with Gasteiger partial charge in [0.2, 0.25) is 11.8 Å². The van der Waals surface area contributed by atoms with Crippen LogP contribution in [0.4, 0.5) is 11.4 Å². The van der Waals surface area contributed by atoms with E-state index >= 15 is 0 Å². The first-order chi connectivity index (χ1) is 15.3. The number of anilines is 1. The first kappa shape index (κ1) is 21.2. The van der Waals surface area contributed by atoms with Crippen molar-refractivity contribution in [2.75, 3.05) is 11.4 Å². The molecule has 4 rings (SSSR count). The van der Waals surface area contributed by atoms with Crippen molar-refractivity contribution < 1.29 is 23.7 Å². The molecule has 1 aromatic heterocycles. The number of nitrogens with zero attached hydrogens (tertiary/aromatic N) is 4. The number of aromatic nitrogens is 2. The number of aryl methyl sites for hydroxylation is 1. The van der Waals surface area contributed by atoms with Gasteiger partial charge in [0.05, 0.1) is 10.8 Å². The summed E-state index contributed by atoms with van der Waals surface area (Å²) in [4.78, 5) is 36.9. The second-order valence-corrected chi connectivity index (χ2v) is 7.57. The van der Waals surface area contributed by atoms with Crippen LogP contribution in [0, 0.1) is 23.0 Å². The third-order valence-corrected chi connectivity index (χ3v) is 5.21. The Hall–Kier alpha value is -4.08. The fraction of sp³-hybridized carbons (Fsp3) is 0.273. The zero-order valence-electron chi connectivity index (χ0n) is 17.4. The molecule has 1 aliphatic heterocycles. The van der Waals surface area contributed by atoms with E-state index in [-0.39, 0.29) is 36.3 Å². The first-order valence-electron chi connectivity index (χ1n) is 9.97. The SMILES string of the molecule is Cc1ccc(N2C[C@H](C(=O)O[C@H](C)c3nnc(-c4ccc([N+](=O)[O-])cc4)o3)CC2=O)cc1. The van der Waals surface area contributed by atoms with Crippen LogP contribution in [0.3, 0.4) is 0 Å². The summed E-state index contributed by atoms with van der Waals surface area (Å²) in [5, 5.41) is 18.6. The summed E-state index contributed by atoms with van der Waals surface area (Å²) in [5.41, 5.74) is 2.27. The van der Waals surface area contributed by atoms with Crippen LogP contribution >= 0.6 is 0 Å². The third kappa shape index (κ3) is 4.34. The molecule has 0 spiro atoms. The largest absolute Gasteiger partial charge is 0.452 e. The Balaban J connectivity index is 1.39. The second-order valence-electron chi connectivity index (χ2n) is 7.57. The van der Waals surface area contributed by atoms with Crippen LogP contribution in [0.2, 0.25) is 0 Å². The number of amides is 1. The highest BCUT2D eigenvalue weighted by Gasteiger charge is 2.37. The number of nitro groups is 1. The van der Waals surface area contributed by atoms with Crippen molar-refractivity contribution in [1.29, 1.82) is 0 Å². The number of carbonyl (C=O) groups is 2. The van der Waals surface area contributed by atoms with Gasteiger partial charge < -0.3 is 14.1 Å². The molecule has 32 heavy (non-hydrogen) atoms. The van der Waals surface area contributed by atoms with E-state index in [1.165, 1.54) is 24.3 Å². The maximum atomic E-state index is 12.6. The molecule has 2 heterocycles. The minimum absolute atomic E-state index is 0.0541. The van der Waals surface area contributed by atoms with Gasteiger partial charge in [-0.15, -0.1) is 10.2 Å². The summed E-state index contributed by atoms with van der Waals surface area (Å²) in [6.07, 6.45) is -0.748. The fourth-order valence-electron chi connectivity index (χ4n) is 3.40. The molecule has 3 aromatic rings. The van der Waals surface area contributed by atoms with Crippen LogP contribution in [0.5, 0.6) is 0 Å². The van der Waals surface area contributed by atoms with Gasteiger partial charge in [0, 0.05) is 36.3 Å². The van der Waals surface area contributed by atoms with Crippen molar-refractivity contribution in [3.8, 4) is 11.5 Å². The topological polar surface area (TPSA) is 129 Å². The quantitative estimate of drug-likeness (QED) is 0.326. The van der Waals surface area contributed by atoms with Crippen LogP contribution in [-0.4, -0.2) is 33.5 Å². The maximum Gasteiger partial charge on any atom is 0.312 e. The highest BCUT2D eigenvalue weighted by molar-refractivity contribution is 5.99. The molecule has 0 radical (unpaired) electrons. The average Bonchev–Trinajstić information content (AvgIpc) is 3.42. The highest BCUT2D eigenvalue weighted by atomic mass is 16.6. The fourth-order valence-corrected chi connectivity index (χ4v) is 3.40. The van der Waals surface area contributed by atoms with E-state index in [9.17, 15) is 19.7 Å². The Bertz CT molecular complexity index is 1160. The molecule has 10 heteroatoms. The molecule has 0 unspecified atom stereocenters. The molecule has 0 aliphatic carbocycles. The summed E-state index contributed by atoms with van der Waals surface area (Å²) < 4.78 is 11.0. The predicted octanol–water partition coefficient (Wildman–Crippen LogP) is 3.61. The molecule has 0 bridgehead atoms. The number of non-ortho nitro benzene ring substituents is 1. The van der Waals surface area contributed by atoms with Crippen LogP contribution in [0.25, 0.3) is 11.5 Å². The number of hydrogen-bond acceptors (Lipinski definition) is 8. The van der Waals surface area contributed by atoms with E-state index in [0.717, 1.165) is 11.3 Å². The number of benzene rings is 2. The van der Waals surface area contributed by atoms with Gasteiger partial charge in [-0.2, -0.15) is 0 Å². The van der Waals surface area contributed by atoms with Gasteiger partial charge in [0.15, 0.2) is 6.10 Å². The molecule has 1 fully saturated rings. The normalized spacial score (nSPS) is 16.8. The number of ether oxygens (including phenoxy) is 1. The lowest BCUT2D eigenvalue weighted by molar-refractivity contribution is -0.384. The molecular formula is C22H20N4O6. The number of hydrogen-bond donors (Lipinski definition) is 0. The lowest BCUT2D eigenvalue weighted by Gasteiger charge is -2.17. The van der Waals surface area contributed by atoms with Crippen molar-refractivity contribution in [1.82, 2.24) is 10.2 Å². The highest BCUT2D eigenvalue weighted by Crippen LogP contribution is 2.29. The van der Waals surface area contributed by atoms with Crippen molar-refractivity contribution in [3.63, 3.8) is 0 Å². The Labute approximate surface area is 183 Å². The molecule has 1 aliphatic rings. The summed E-state index contributed by atoms with van der Waals surface area (Å²) in [7, 11) is 0. The smallest absolute Gasteiger partial charge is 0.312 e. The van der Waals surface area contributed by atoms with Gasteiger partial charge in [-0.1, -0.05) is 17.7 Å². The van der Waals surface area contributed by atoms with Crippen LogP contribution < -0.4 is 4.90 Å². The Kier molecular flexibility index (Phi) is 5.67. The van der Waals surface area contributed by atoms with Gasteiger partial charge in [-0.25, -0.2) is 0 Å². The van der Waals surface area contributed by atoms with E-state index in [2.05, 4.69) is 10.2 Å². The lowest BCUT2D eigenvalue weighted by atomic mass is 10.1. The monoisotopic (exact) mass is 436 g/mol. The molecular weight excluding hydrogens is 416 g/mol. The Morgan fingerprint density at radius 1 is 1.19 bits per heavy atom. The summed E-state index contributed by atoms with van der Waals surface area (Å²) in [6.45, 7) is 3.80. The number of rotatable bonds is 6. The maximum absolute atomic E-state index is 12.6. The van der Waals surface area contributed by atoms with Crippen LogP contribution in [0.15, 0.2) is 52.9 Å². The van der Waals surface area contributed by atoms with Crippen molar-refractivity contribution in [2.24, 2.45) is 5.92 Å². The van der Waals surface area contributed by atoms with Gasteiger partial charge in [-0.3, -0.25) is 19.7 Å². The zero-order valence-corrected chi connectivity index (χ0v) is 17.4. The van der Waals surface area contributed by atoms with E-state index in [1.54, 1.807) is 11.8 Å². The summed E-state index contributed by atoms with van der Waals surface area (Å²) in [5.74, 6) is -1.01. The predicted molar refractivity (Wildman–Crippen MR) is 113 cm³/mol. The summed E-state index contributed by atoms with van der Waals surface area (Å²) in [6, 6.07) is 13.2. The van der Waals surface area contributed by atoms with E-state index in [4.69, 9.17) is 9.15 Å². The van der Waals surface area contributed by atoms with Gasteiger partial charge >= 0.3 is 5.97 Å². The lowest BCUT2D eigenvalue weighted by Crippen LogP contribution is -2.26. The second kappa shape index (κ2) is 8.58. The Morgan fingerprint density at radius 3 is 2.53 bits per heavy atom. The molecule has 164 valence electrons. The molecule has 0 saturated carbocycles. The minimum Gasteiger partial charge on any atom is -0.452 e.